The van der Waals surface area contributed by atoms with Crippen molar-refractivity contribution in [2.45, 2.75) is 64.5 Å². The summed E-state index contributed by atoms with van der Waals surface area (Å²) in [6, 6.07) is 0. The van der Waals surface area contributed by atoms with Gasteiger partial charge >= 0.3 is 6.09 Å². The number of ether oxygens (including phenoxy) is 1. The molecule has 0 aromatic heterocycles. The third kappa shape index (κ3) is 6.09. The fraction of sp³-hybridized carbons (Fsp3) is 0.933. The number of aliphatic hydroxyl groups excluding tert-OH is 1. The summed E-state index contributed by atoms with van der Waals surface area (Å²) in [5, 5.41) is 15.7. The molecule has 0 aliphatic heterocycles. The molecule has 0 radical (unpaired) electrons. The Kier molecular flexibility index (Phi) is 6.27. The Labute approximate surface area is 122 Å². The zero-order chi connectivity index (χ0) is 15.2. The van der Waals surface area contributed by atoms with Crippen molar-refractivity contribution < 1.29 is 14.6 Å². The minimum absolute atomic E-state index is 0.159. The van der Waals surface area contributed by atoms with Crippen LogP contribution in [0.2, 0.25) is 0 Å². The van der Waals surface area contributed by atoms with E-state index in [4.69, 9.17) is 4.74 Å². The maximum absolute atomic E-state index is 11.5. The molecule has 0 unspecified atom stereocenters. The largest absolute Gasteiger partial charge is 0.444 e. The van der Waals surface area contributed by atoms with Crippen molar-refractivity contribution in [3.8, 4) is 0 Å². The van der Waals surface area contributed by atoms with E-state index in [0.717, 1.165) is 31.6 Å². The molecule has 1 rings (SSSR count). The number of carbonyl (C=O) groups is 1. The van der Waals surface area contributed by atoms with Crippen LogP contribution in [-0.2, 0) is 4.74 Å². The second kappa shape index (κ2) is 7.27. The van der Waals surface area contributed by atoms with Gasteiger partial charge in [0.05, 0.1) is 6.61 Å². The van der Waals surface area contributed by atoms with Gasteiger partial charge in [0.2, 0.25) is 0 Å². The highest BCUT2D eigenvalue weighted by molar-refractivity contribution is 5.67. The fourth-order valence-electron chi connectivity index (χ4n) is 2.51. The Morgan fingerprint density at radius 3 is 2.40 bits per heavy atom. The number of alkyl carbamates (subject to hydrolysis) is 1. The molecule has 1 amide bonds. The predicted octanol–water partition coefficient (Wildman–Crippen LogP) is 2.04. The van der Waals surface area contributed by atoms with Crippen LogP contribution < -0.4 is 10.6 Å². The lowest BCUT2D eigenvalue weighted by Gasteiger charge is -2.39. The lowest BCUT2D eigenvalue weighted by atomic mass is 9.77. The van der Waals surface area contributed by atoms with E-state index in [2.05, 4.69) is 17.6 Å². The van der Waals surface area contributed by atoms with E-state index in [-0.39, 0.29) is 12.1 Å². The zero-order valence-electron chi connectivity index (χ0n) is 13.3. The summed E-state index contributed by atoms with van der Waals surface area (Å²) < 4.78 is 5.17. The van der Waals surface area contributed by atoms with Crippen molar-refractivity contribution in [3.63, 3.8) is 0 Å². The second-order valence-electron chi connectivity index (χ2n) is 6.98. The first-order chi connectivity index (χ1) is 9.26. The molecule has 0 saturated heterocycles. The molecule has 3 N–H and O–H groups in total. The monoisotopic (exact) mass is 286 g/mol. The molecule has 1 aliphatic rings. The van der Waals surface area contributed by atoms with E-state index in [9.17, 15) is 9.90 Å². The Hall–Kier alpha value is -0.810. The number of rotatable bonds is 5. The lowest BCUT2D eigenvalue weighted by molar-refractivity contribution is 0.0523. The van der Waals surface area contributed by atoms with E-state index in [1.54, 1.807) is 0 Å². The van der Waals surface area contributed by atoms with Crippen LogP contribution in [0.1, 0.15) is 53.4 Å². The molecule has 0 atom stereocenters. The number of nitrogens with one attached hydrogen (secondary N) is 2. The van der Waals surface area contributed by atoms with Gasteiger partial charge in [-0.05, 0) is 52.4 Å². The van der Waals surface area contributed by atoms with Crippen LogP contribution >= 0.6 is 0 Å². The van der Waals surface area contributed by atoms with Crippen LogP contribution in [0, 0.1) is 5.92 Å². The highest BCUT2D eigenvalue weighted by atomic mass is 16.6. The minimum atomic E-state index is -0.469. The summed E-state index contributed by atoms with van der Waals surface area (Å²) in [7, 11) is 0. The maximum atomic E-state index is 11.5. The molecular weight excluding hydrogens is 256 g/mol. The first-order valence-electron chi connectivity index (χ1n) is 7.59. The summed E-state index contributed by atoms with van der Waals surface area (Å²) in [6.07, 6.45) is 3.89. The van der Waals surface area contributed by atoms with E-state index < -0.39 is 11.7 Å². The SMILES string of the molecule is CC1CCC(CO)(NCCNC(=O)OC(C)(C)C)CC1. The lowest BCUT2D eigenvalue weighted by Crippen LogP contribution is -2.52. The second-order valence-corrected chi connectivity index (χ2v) is 6.98. The molecule has 5 heteroatoms. The van der Waals surface area contributed by atoms with Crippen molar-refractivity contribution in [1.82, 2.24) is 10.6 Å². The van der Waals surface area contributed by atoms with Gasteiger partial charge in [-0.15, -0.1) is 0 Å². The van der Waals surface area contributed by atoms with Crippen molar-refractivity contribution >= 4 is 6.09 Å². The molecule has 0 bridgehead atoms. The number of amides is 1. The molecule has 5 nitrogen and oxygen atoms in total. The molecule has 20 heavy (non-hydrogen) atoms. The van der Waals surface area contributed by atoms with Gasteiger partial charge < -0.3 is 20.5 Å². The Balaban J connectivity index is 2.24. The zero-order valence-corrected chi connectivity index (χ0v) is 13.3. The van der Waals surface area contributed by atoms with Gasteiger partial charge in [0.25, 0.3) is 0 Å². The van der Waals surface area contributed by atoms with Crippen molar-refractivity contribution in [1.29, 1.82) is 0 Å². The number of hydrogen-bond donors (Lipinski definition) is 3. The smallest absolute Gasteiger partial charge is 0.407 e. The molecule has 0 heterocycles. The Morgan fingerprint density at radius 1 is 1.30 bits per heavy atom. The highest BCUT2D eigenvalue weighted by Crippen LogP contribution is 2.31. The Morgan fingerprint density at radius 2 is 1.90 bits per heavy atom. The van der Waals surface area contributed by atoms with Crippen LogP contribution in [0.5, 0.6) is 0 Å². The standard InChI is InChI=1S/C15H30N2O3/c1-12-5-7-15(11-18,8-6-12)17-10-9-16-13(19)20-14(2,3)4/h12,17-18H,5-11H2,1-4H3,(H,16,19). The van der Waals surface area contributed by atoms with Crippen LogP contribution in [-0.4, -0.2) is 42.0 Å². The first-order valence-corrected chi connectivity index (χ1v) is 7.59. The third-order valence-corrected chi connectivity index (χ3v) is 3.83. The molecule has 0 aromatic rings. The molecule has 0 aromatic carbocycles. The first kappa shape index (κ1) is 17.2. The summed E-state index contributed by atoms with van der Waals surface area (Å²) >= 11 is 0. The average Bonchev–Trinajstić information content (AvgIpc) is 2.35. The van der Waals surface area contributed by atoms with Crippen molar-refractivity contribution in [2.75, 3.05) is 19.7 Å². The van der Waals surface area contributed by atoms with Crippen molar-refractivity contribution in [2.24, 2.45) is 5.92 Å². The summed E-state index contributed by atoms with van der Waals surface area (Å²) in [5.74, 6) is 0.747. The van der Waals surface area contributed by atoms with Crippen molar-refractivity contribution in [3.05, 3.63) is 0 Å². The van der Waals surface area contributed by atoms with Crippen LogP contribution in [0.3, 0.4) is 0 Å². The average molecular weight is 286 g/mol. The summed E-state index contributed by atoms with van der Waals surface area (Å²) in [6.45, 7) is 9.09. The van der Waals surface area contributed by atoms with E-state index in [1.165, 1.54) is 0 Å². The molecule has 118 valence electrons. The van der Waals surface area contributed by atoms with E-state index in [0.29, 0.717) is 13.1 Å². The highest BCUT2D eigenvalue weighted by Gasteiger charge is 2.32. The van der Waals surface area contributed by atoms with Gasteiger partial charge in [0, 0.05) is 18.6 Å². The van der Waals surface area contributed by atoms with Crippen LogP contribution in [0.15, 0.2) is 0 Å². The van der Waals surface area contributed by atoms with Gasteiger partial charge in [-0.25, -0.2) is 4.79 Å². The molecule has 1 fully saturated rings. The maximum Gasteiger partial charge on any atom is 0.407 e. The summed E-state index contributed by atoms with van der Waals surface area (Å²) in [4.78, 5) is 11.5. The van der Waals surface area contributed by atoms with Gasteiger partial charge in [-0.1, -0.05) is 6.92 Å². The van der Waals surface area contributed by atoms with Crippen LogP contribution in [0.4, 0.5) is 4.79 Å². The Bertz CT molecular complexity index is 305. The quantitative estimate of drug-likeness (QED) is 0.676. The summed E-state index contributed by atoms with van der Waals surface area (Å²) in [5.41, 5.74) is -0.633. The minimum Gasteiger partial charge on any atom is -0.444 e. The molecule has 1 saturated carbocycles. The molecule has 0 spiro atoms. The van der Waals surface area contributed by atoms with Gasteiger partial charge in [0.1, 0.15) is 5.60 Å². The van der Waals surface area contributed by atoms with E-state index in [1.807, 2.05) is 20.8 Å². The predicted molar refractivity (Wildman–Crippen MR) is 79.7 cm³/mol. The van der Waals surface area contributed by atoms with Gasteiger partial charge in [0.15, 0.2) is 0 Å². The van der Waals surface area contributed by atoms with Gasteiger partial charge in [-0.2, -0.15) is 0 Å². The number of hydrogen-bond acceptors (Lipinski definition) is 4. The topological polar surface area (TPSA) is 70.6 Å². The fourth-order valence-corrected chi connectivity index (χ4v) is 2.51. The number of carbonyl (C=O) groups excluding carboxylic acids is 1. The molecule has 1 aliphatic carbocycles. The molecular formula is C15H30N2O3. The number of aliphatic hydroxyl groups is 1. The van der Waals surface area contributed by atoms with Gasteiger partial charge in [-0.3, -0.25) is 0 Å². The normalized spacial score (nSPS) is 27.1. The van der Waals surface area contributed by atoms with Crippen LogP contribution in [0.25, 0.3) is 0 Å². The third-order valence-electron chi connectivity index (χ3n) is 3.83. The van der Waals surface area contributed by atoms with E-state index >= 15 is 0 Å².